The van der Waals surface area contributed by atoms with Crippen molar-refractivity contribution in [2.75, 3.05) is 0 Å². The van der Waals surface area contributed by atoms with Gasteiger partial charge in [-0.2, -0.15) is 5.10 Å². The second kappa shape index (κ2) is 9.02. The van der Waals surface area contributed by atoms with Gasteiger partial charge in [0.2, 0.25) is 0 Å². The van der Waals surface area contributed by atoms with Crippen LogP contribution in [0.4, 0.5) is 8.78 Å². The van der Waals surface area contributed by atoms with Crippen molar-refractivity contribution in [1.29, 1.82) is 0 Å². The van der Waals surface area contributed by atoms with Crippen LogP contribution in [0.3, 0.4) is 0 Å². The van der Waals surface area contributed by atoms with Crippen LogP contribution in [0.2, 0.25) is 0 Å². The Balaban J connectivity index is 1.58. The molecule has 0 N–H and O–H groups in total. The number of amides is 1. The van der Waals surface area contributed by atoms with Gasteiger partial charge in [0, 0.05) is 16.0 Å². The van der Waals surface area contributed by atoms with Crippen LogP contribution in [0.15, 0.2) is 87.9 Å². The Morgan fingerprint density at radius 2 is 1.70 bits per heavy atom. The number of rotatable bonds is 3. The molecular weight excluding hydrogens is 486 g/mol. The molecule has 2 atom stereocenters. The first-order valence-electron chi connectivity index (χ1n) is 10.9. The van der Waals surface area contributed by atoms with Gasteiger partial charge in [-0.15, -0.1) is 0 Å². The van der Waals surface area contributed by atoms with Crippen molar-refractivity contribution in [3.05, 3.63) is 111 Å². The maximum atomic E-state index is 13.7. The Bertz CT molecular complexity index is 1250. The SMILES string of the molecule is O=C(c1cccc(Br)c1)N1N=C2/C(=C/c3ccc(F)cc3)CCC[C@@H]2[C@@H]1c1ccc(F)cc1. The van der Waals surface area contributed by atoms with Gasteiger partial charge in [-0.3, -0.25) is 4.79 Å². The van der Waals surface area contributed by atoms with Crippen LogP contribution in [0.1, 0.15) is 46.8 Å². The van der Waals surface area contributed by atoms with Gasteiger partial charge in [-0.05, 0) is 84.5 Å². The number of hydrogen-bond donors (Lipinski definition) is 0. The molecule has 0 spiro atoms. The monoisotopic (exact) mass is 506 g/mol. The number of halogens is 3. The topological polar surface area (TPSA) is 32.7 Å². The highest BCUT2D eigenvalue weighted by molar-refractivity contribution is 9.10. The van der Waals surface area contributed by atoms with E-state index in [1.54, 1.807) is 41.4 Å². The number of hydrogen-bond acceptors (Lipinski definition) is 2. The van der Waals surface area contributed by atoms with Gasteiger partial charge in [0.25, 0.3) is 5.91 Å². The zero-order valence-corrected chi connectivity index (χ0v) is 19.3. The van der Waals surface area contributed by atoms with Gasteiger partial charge in [0.1, 0.15) is 11.6 Å². The average molecular weight is 507 g/mol. The number of hydrazone groups is 1. The van der Waals surface area contributed by atoms with Crippen LogP contribution in [-0.2, 0) is 0 Å². The summed E-state index contributed by atoms with van der Waals surface area (Å²) in [6, 6.07) is 19.6. The predicted octanol–water partition coefficient (Wildman–Crippen LogP) is 7.16. The Hall–Kier alpha value is -3.12. The van der Waals surface area contributed by atoms with Crippen molar-refractivity contribution in [2.24, 2.45) is 11.0 Å². The van der Waals surface area contributed by atoms with Crippen molar-refractivity contribution in [3.63, 3.8) is 0 Å². The molecule has 0 radical (unpaired) electrons. The minimum Gasteiger partial charge on any atom is -0.267 e. The summed E-state index contributed by atoms with van der Waals surface area (Å²) in [4.78, 5) is 13.6. The molecule has 3 aromatic carbocycles. The molecule has 1 aliphatic heterocycles. The van der Waals surface area contributed by atoms with E-state index in [4.69, 9.17) is 5.10 Å². The van der Waals surface area contributed by atoms with Gasteiger partial charge >= 0.3 is 0 Å². The summed E-state index contributed by atoms with van der Waals surface area (Å²) in [6.45, 7) is 0. The summed E-state index contributed by atoms with van der Waals surface area (Å²) in [5.41, 5.74) is 4.21. The number of benzene rings is 3. The molecule has 3 nitrogen and oxygen atoms in total. The summed E-state index contributed by atoms with van der Waals surface area (Å²) >= 11 is 3.44. The largest absolute Gasteiger partial charge is 0.274 e. The molecule has 6 heteroatoms. The number of carbonyl (C=O) groups is 1. The molecule has 166 valence electrons. The van der Waals surface area contributed by atoms with Gasteiger partial charge in [0.15, 0.2) is 0 Å². The summed E-state index contributed by atoms with van der Waals surface area (Å²) in [6.07, 6.45) is 4.69. The maximum absolute atomic E-state index is 13.7. The second-order valence-electron chi connectivity index (χ2n) is 8.36. The van der Waals surface area contributed by atoms with E-state index < -0.39 is 0 Å². The predicted molar refractivity (Wildman–Crippen MR) is 129 cm³/mol. The zero-order valence-electron chi connectivity index (χ0n) is 17.7. The normalized spacial score (nSPS) is 21.1. The lowest BCUT2D eigenvalue weighted by molar-refractivity contribution is 0.0680. The molecular formula is C27H21BrF2N2O. The quantitative estimate of drug-likeness (QED) is 0.370. The fourth-order valence-electron chi connectivity index (χ4n) is 4.68. The van der Waals surface area contributed by atoms with Gasteiger partial charge < -0.3 is 0 Å². The molecule has 1 heterocycles. The molecule has 2 aliphatic rings. The number of fused-ring (bicyclic) bond motifs is 1. The zero-order chi connectivity index (χ0) is 22.9. The van der Waals surface area contributed by atoms with Crippen LogP contribution in [0.25, 0.3) is 6.08 Å². The molecule has 1 aliphatic carbocycles. The molecule has 5 rings (SSSR count). The second-order valence-corrected chi connectivity index (χ2v) is 9.28. The Morgan fingerprint density at radius 3 is 2.39 bits per heavy atom. The smallest absolute Gasteiger partial charge is 0.267 e. The number of nitrogens with zero attached hydrogens (tertiary/aromatic N) is 2. The summed E-state index contributed by atoms with van der Waals surface area (Å²) in [7, 11) is 0. The minimum absolute atomic E-state index is 0.00649. The third-order valence-corrected chi connectivity index (χ3v) is 6.70. The van der Waals surface area contributed by atoms with E-state index in [9.17, 15) is 13.6 Å². The maximum Gasteiger partial charge on any atom is 0.274 e. The van der Waals surface area contributed by atoms with E-state index in [2.05, 4.69) is 15.9 Å². The lowest BCUT2D eigenvalue weighted by atomic mass is 9.77. The van der Waals surface area contributed by atoms with E-state index in [-0.39, 0.29) is 29.5 Å². The van der Waals surface area contributed by atoms with Gasteiger partial charge in [-0.25, -0.2) is 13.8 Å². The summed E-state index contributed by atoms with van der Waals surface area (Å²) in [5, 5.41) is 6.39. The third-order valence-electron chi connectivity index (χ3n) is 6.20. The van der Waals surface area contributed by atoms with Crippen LogP contribution in [0, 0.1) is 17.6 Å². The van der Waals surface area contributed by atoms with Crippen LogP contribution in [-0.4, -0.2) is 16.6 Å². The van der Waals surface area contributed by atoms with Crippen LogP contribution >= 0.6 is 15.9 Å². The molecule has 0 unspecified atom stereocenters. The van der Waals surface area contributed by atoms with E-state index in [1.807, 2.05) is 18.2 Å². The van der Waals surface area contributed by atoms with Gasteiger partial charge in [0.05, 0.1) is 11.8 Å². The first kappa shape index (κ1) is 21.7. The van der Waals surface area contributed by atoms with Crippen LogP contribution in [0.5, 0.6) is 0 Å². The average Bonchev–Trinajstić information content (AvgIpc) is 3.21. The Morgan fingerprint density at radius 1 is 1.00 bits per heavy atom. The molecule has 1 fully saturated rings. The van der Waals surface area contributed by atoms with E-state index in [0.717, 1.165) is 46.1 Å². The number of allylic oxidation sites excluding steroid dienone is 1. The molecule has 33 heavy (non-hydrogen) atoms. The van der Waals surface area contributed by atoms with Crippen molar-refractivity contribution in [3.8, 4) is 0 Å². The highest BCUT2D eigenvalue weighted by Gasteiger charge is 2.43. The highest BCUT2D eigenvalue weighted by Crippen LogP contribution is 2.45. The Kier molecular flexibility index (Phi) is 5.94. The fourth-order valence-corrected chi connectivity index (χ4v) is 5.07. The molecule has 1 amide bonds. The third kappa shape index (κ3) is 4.40. The lowest BCUT2D eigenvalue weighted by Crippen LogP contribution is -2.31. The van der Waals surface area contributed by atoms with Crippen molar-refractivity contribution in [2.45, 2.75) is 25.3 Å². The van der Waals surface area contributed by atoms with E-state index >= 15 is 0 Å². The lowest BCUT2D eigenvalue weighted by Gasteiger charge is -2.29. The van der Waals surface area contributed by atoms with Gasteiger partial charge in [-0.1, -0.05) is 46.3 Å². The molecule has 1 saturated carbocycles. The Labute approximate surface area is 199 Å². The van der Waals surface area contributed by atoms with Crippen molar-refractivity contribution in [1.82, 2.24) is 5.01 Å². The number of carbonyl (C=O) groups excluding carboxylic acids is 1. The van der Waals surface area contributed by atoms with E-state index in [1.165, 1.54) is 24.3 Å². The molecule has 0 aromatic heterocycles. The summed E-state index contributed by atoms with van der Waals surface area (Å²) < 4.78 is 27.8. The van der Waals surface area contributed by atoms with E-state index in [0.29, 0.717) is 5.56 Å². The first-order valence-corrected chi connectivity index (χ1v) is 11.7. The fraction of sp³-hybridized carbons (Fsp3) is 0.185. The van der Waals surface area contributed by atoms with Crippen molar-refractivity contribution >= 4 is 33.6 Å². The minimum atomic E-state index is -0.316. The molecule has 0 saturated heterocycles. The molecule has 3 aromatic rings. The standard InChI is InChI=1S/C27H21BrF2N2O/c28-21-5-1-4-20(16-21)27(33)32-26(18-9-13-23(30)14-10-18)24-6-2-3-19(25(24)31-32)15-17-7-11-22(29)12-8-17/h1,4-5,7-16,24,26H,2-3,6H2/b19-15+/t24-,26-/m0/s1. The van der Waals surface area contributed by atoms with Crippen molar-refractivity contribution < 1.29 is 13.6 Å². The first-order chi connectivity index (χ1) is 16.0. The summed E-state index contributed by atoms with van der Waals surface area (Å²) in [5.74, 6) is -0.789. The highest BCUT2D eigenvalue weighted by atomic mass is 79.9. The van der Waals surface area contributed by atoms with Crippen LogP contribution < -0.4 is 0 Å². The molecule has 0 bridgehead atoms.